The molecular formula is C56H50N2. The van der Waals surface area contributed by atoms with Crippen molar-refractivity contribution in [3.63, 3.8) is 0 Å². The third kappa shape index (κ3) is 7.23. The summed E-state index contributed by atoms with van der Waals surface area (Å²) < 4.78 is 0. The van der Waals surface area contributed by atoms with Crippen LogP contribution in [0.25, 0.3) is 33.4 Å². The largest absolute Gasteiger partial charge is 0.310 e. The quantitative estimate of drug-likeness (QED) is 0.145. The molecule has 2 nitrogen and oxygen atoms in total. The molecule has 0 fully saturated rings. The molecule has 2 heteroatoms. The van der Waals surface area contributed by atoms with E-state index < -0.39 is 0 Å². The maximum Gasteiger partial charge on any atom is 0.0467 e. The third-order valence-corrected chi connectivity index (χ3v) is 12.1. The maximum absolute atomic E-state index is 2.42. The molecule has 0 saturated heterocycles. The Morgan fingerprint density at radius 2 is 0.690 bits per heavy atom. The number of hydrogen-bond donors (Lipinski definition) is 0. The zero-order chi connectivity index (χ0) is 39.7. The van der Waals surface area contributed by atoms with E-state index in [0.29, 0.717) is 0 Å². The number of rotatable bonds is 9. The van der Waals surface area contributed by atoms with Gasteiger partial charge in [0.25, 0.3) is 0 Å². The Balaban J connectivity index is 1.12. The molecule has 9 rings (SSSR count). The maximum atomic E-state index is 2.42. The Hall–Kier alpha value is -6.64. The highest BCUT2D eigenvalue weighted by Gasteiger charge is 2.38. The fourth-order valence-electron chi connectivity index (χ4n) is 8.89. The predicted octanol–water partition coefficient (Wildman–Crippen LogP) is 16.0. The van der Waals surface area contributed by atoms with E-state index in [1.807, 2.05) is 0 Å². The van der Waals surface area contributed by atoms with Crippen LogP contribution in [0.5, 0.6) is 0 Å². The van der Waals surface area contributed by atoms with E-state index >= 15 is 0 Å². The fraction of sp³-hybridized carbons (Fsp3) is 0.143. The SMILES string of the molecule is CC1(C)CCC(C)(C)c2c(-c3ccc(N(c4ccc(-c5ccccc5)cc4)c4cccc(-c5cccc(N(c6ccccc6)c6ccccc6)c5)c4)cc3)cccc21. The molecular weight excluding hydrogens is 701 g/mol. The molecule has 0 atom stereocenters. The summed E-state index contributed by atoms with van der Waals surface area (Å²) in [5.41, 5.74) is 17.3. The molecule has 1 aliphatic rings. The van der Waals surface area contributed by atoms with Crippen LogP contribution in [0.15, 0.2) is 206 Å². The van der Waals surface area contributed by atoms with Crippen molar-refractivity contribution in [2.24, 2.45) is 0 Å². The lowest BCUT2D eigenvalue weighted by molar-refractivity contribution is 0.333. The number of fused-ring (bicyclic) bond motifs is 1. The molecule has 8 aromatic rings. The van der Waals surface area contributed by atoms with Gasteiger partial charge in [-0.3, -0.25) is 0 Å². The summed E-state index contributed by atoms with van der Waals surface area (Å²) >= 11 is 0. The summed E-state index contributed by atoms with van der Waals surface area (Å²) in [5.74, 6) is 0. The van der Waals surface area contributed by atoms with Crippen LogP contribution in [0, 0.1) is 0 Å². The average Bonchev–Trinajstić information content (AvgIpc) is 3.27. The van der Waals surface area contributed by atoms with Gasteiger partial charge in [-0.2, -0.15) is 0 Å². The zero-order valence-corrected chi connectivity index (χ0v) is 33.9. The van der Waals surface area contributed by atoms with Gasteiger partial charge in [-0.15, -0.1) is 0 Å². The highest BCUT2D eigenvalue weighted by atomic mass is 15.1. The molecule has 0 N–H and O–H groups in total. The number of benzene rings is 8. The van der Waals surface area contributed by atoms with Crippen molar-refractivity contribution in [2.75, 3.05) is 9.80 Å². The minimum absolute atomic E-state index is 0.115. The first-order chi connectivity index (χ1) is 28.2. The number of anilines is 6. The Morgan fingerprint density at radius 1 is 0.310 bits per heavy atom. The molecule has 0 heterocycles. The Bertz CT molecular complexity index is 2600. The van der Waals surface area contributed by atoms with Gasteiger partial charge in [-0.05, 0) is 141 Å². The van der Waals surface area contributed by atoms with Gasteiger partial charge in [0.1, 0.15) is 0 Å². The van der Waals surface area contributed by atoms with Crippen LogP contribution < -0.4 is 9.80 Å². The van der Waals surface area contributed by atoms with Gasteiger partial charge in [-0.25, -0.2) is 0 Å². The Morgan fingerprint density at radius 3 is 1.21 bits per heavy atom. The summed E-state index contributed by atoms with van der Waals surface area (Å²) in [7, 11) is 0. The Labute approximate surface area is 344 Å². The van der Waals surface area contributed by atoms with E-state index in [-0.39, 0.29) is 10.8 Å². The molecule has 8 aromatic carbocycles. The van der Waals surface area contributed by atoms with Gasteiger partial charge in [0.2, 0.25) is 0 Å². The Kier molecular flexibility index (Phi) is 9.79. The van der Waals surface area contributed by atoms with Crippen LogP contribution in [0.1, 0.15) is 51.7 Å². The summed E-state index contributed by atoms with van der Waals surface area (Å²) in [6.45, 7) is 9.65. The molecule has 0 aromatic heterocycles. The molecule has 284 valence electrons. The number of nitrogens with zero attached hydrogens (tertiary/aromatic N) is 2. The number of hydrogen-bond acceptors (Lipinski definition) is 2. The van der Waals surface area contributed by atoms with Crippen molar-refractivity contribution < 1.29 is 0 Å². The molecule has 0 aliphatic heterocycles. The molecule has 0 radical (unpaired) electrons. The van der Waals surface area contributed by atoms with E-state index in [1.165, 1.54) is 46.2 Å². The topological polar surface area (TPSA) is 6.48 Å². The smallest absolute Gasteiger partial charge is 0.0467 e. The van der Waals surface area contributed by atoms with Crippen molar-refractivity contribution in [3.05, 3.63) is 217 Å². The molecule has 1 aliphatic carbocycles. The van der Waals surface area contributed by atoms with Crippen molar-refractivity contribution in [2.45, 2.75) is 51.4 Å². The summed E-state index contributed by atoms with van der Waals surface area (Å²) in [5, 5.41) is 0. The van der Waals surface area contributed by atoms with Gasteiger partial charge < -0.3 is 9.80 Å². The minimum Gasteiger partial charge on any atom is -0.310 e. The van der Waals surface area contributed by atoms with Crippen LogP contribution in [-0.2, 0) is 10.8 Å². The van der Waals surface area contributed by atoms with Gasteiger partial charge >= 0.3 is 0 Å². The summed E-state index contributed by atoms with van der Waals surface area (Å²) in [6, 6.07) is 74.8. The number of para-hydroxylation sites is 2. The highest BCUT2D eigenvalue weighted by molar-refractivity contribution is 5.85. The normalized spacial score (nSPS) is 14.0. The standard InChI is InChI=1S/C56H50N2/c1-55(2)37-38-56(3,4)54-52(27-16-28-53(54)55)43-31-35-49(36-32-43)58(48-33-29-42(30-34-48)41-17-8-5-9-18-41)51-26-15-20-45(40-51)44-19-14-25-50(39-44)57(46-21-10-6-11-22-46)47-23-12-7-13-24-47/h5-36,39-40H,37-38H2,1-4H3. The lowest BCUT2D eigenvalue weighted by Crippen LogP contribution is -2.34. The molecule has 0 bridgehead atoms. The fourth-order valence-corrected chi connectivity index (χ4v) is 8.89. The van der Waals surface area contributed by atoms with Crippen molar-refractivity contribution in [1.82, 2.24) is 0 Å². The van der Waals surface area contributed by atoms with E-state index in [4.69, 9.17) is 0 Å². The van der Waals surface area contributed by atoms with E-state index in [9.17, 15) is 0 Å². The van der Waals surface area contributed by atoms with E-state index in [0.717, 1.165) is 45.3 Å². The van der Waals surface area contributed by atoms with Crippen LogP contribution in [0.4, 0.5) is 34.1 Å². The molecule has 0 saturated carbocycles. The zero-order valence-electron chi connectivity index (χ0n) is 33.9. The molecule has 0 spiro atoms. The lowest BCUT2D eigenvalue weighted by Gasteiger charge is -2.43. The minimum atomic E-state index is 0.115. The van der Waals surface area contributed by atoms with E-state index in [2.05, 4.69) is 244 Å². The lowest BCUT2D eigenvalue weighted by atomic mass is 9.61. The van der Waals surface area contributed by atoms with Gasteiger partial charge in [0.05, 0.1) is 0 Å². The van der Waals surface area contributed by atoms with Gasteiger partial charge in [-0.1, -0.05) is 161 Å². The molecule has 58 heavy (non-hydrogen) atoms. The van der Waals surface area contributed by atoms with Crippen molar-refractivity contribution in [1.29, 1.82) is 0 Å². The average molecular weight is 751 g/mol. The van der Waals surface area contributed by atoms with Crippen LogP contribution in [0.2, 0.25) is 0 Å². The molecule has 0 unspecified atom stereocenters. The van der Waals surface area contributed by atoms with E-state index in [1.54, 1.807) is 0 Å². The van der Waals surface area contributed by atoms with Gasteiger partial charge in [0, 0.05) is 34.1 Å². The second kappa shape index (κ2) is 15.4. The third-order valence-electron chi connectivity index (χ3n) is 12.1. The second-order valence-corrected chi connectivity index (χ2v) is 16.9. The van der Waals surface area contributed by atoms with Crippen molar-refractivity contribution in [3.8, 4) is 33.4 Å². The van der Waals surface area contributed by atoms with Crippen LogP contribution in [-0.4, -0.2) is 0 Å². The second-order valence-electron chi connectivity index (χ2n) is 16.9. The van der Waals surface area contributed by atoms with Crippen LogP contribution in [0.3, 0.4) is 0 Å². The van der Waals surface area contributed by atoms with Crippen molar-refractivity contribution >= 4 is 34.1 Å². The summed E-state index contributed by atoms with van der Waals surface area (Å²) in [4.78, 5) is 4.71. The first-order valence-corrected chi connectivity index (χ1v) is 20.6. The van der Waals surface area contributed by atoms with Gasteiger partial charge in [0.15, 0.2) is 0 Å². The molecule has 0 amide bonds. The summed E-state index contributed by atoms with van der Waals surface area (Å²) in [6.07, 6.45) is 2.39. The first-order valence-electron chi connectivity index (χ1n) is 20.6. The predicted molar refractivity (Wildman–Crippen MR) is 247 cm³/mol. The monoisotopic (exact) mass is 750 g/mol. The highest BCUT2D eigenvalue weighted by Crippen LogP contribution is 2.50. The first kappa shape index (κ1) is 37.0. The van der Waals surface area contributed by atoms with Crippen LogP contribution >= 0.6 is 0 Å².